The molecule has 0 amide bonds. The van der Waals surface area contributed by atoms with Gasteiger partial charge in [-0.15, -0.1) is 0 Å². The smallest absolute Gasteiger partial charge is 0.0914 e. The molecule has 0 aliphatic heterocycles. The Kier molecular flexibility index (Phi) is 7.58. The van der Waals surface area contributed by atoms with Crippen molar-refractivity contribution in [2.24, 2.45) is 0 Å². The third kappa shape index (κ3) is 6.38. The summed E-state index contributed by atoms with van der Waals surface area (Å²) in [4.78, 5) is 0. The number of rotatable bonds is 9. The maximum absolute atomic E-state index is 9.84. The average molecular weight is 239 g/mol. The lowest BCUT2D eigenvalue weighted by Gasteiger charge is -2.12. The fourth-order valence-electron chi connectivity index (χ4n) is 1.42. The molecular formula is C13H21NO3. The lowest BCUT2D eigenvalue weighted by Crippen LogP contribution is -2.25. The maximum atomic E-state index is 9.84. The van der Waals surface area contributed by atoms with Crippen LogP contribution >= 0.6 is 0 Å². The minimum atomic E-state index is -0.463. The highest BCUT2D eigenvalue weighted by atomic mass is 16.5. The van der Waals surface area contributed by atoms with Crippen molar-refractivity contribution in [2.45, 2.75) is 6.10 Å². The number of ether oxygens (including phenoxy) is 2. The van der Waals surface area contributed by atoms with Crippen LogP contribution in [0.15, 0.2) is 30.3 Å². The Balaban J connectivity index is 2.03. The molecule has 0 aliphatic carbocycles. The number of hydrogen-bond donors (Lipinski definition) is 2. The lowest BCUT2D eigenvalue weighted by molar-refractivity contribution is 0.0703. The fraction of sp³-hybridized carbons (Fsp3) is 0.538. The average Bonchev–Trinajstić information content (AvgIpc) is 2.38. The second-order valence-electron chi connectivity index (χ2n) is 3.74. The number of hydrogen-bond acceptors (Lipinski definition) is 4. The molecule has 0 aliphatic rings. The van der Waals surface area contributed by atoms with Crippen LogP contribution in [0.25, 0.3) is 0 Å². The lowest BCUT2D eigenvalue weighted by atomic mass is 10.1. The monoisotopic (exact) mass is 239 g/mol. The molecule has 0 saturated carbocycles. The van der Waals surface area contributed by atoms with Crippen molar-refractivity contribution in [3.8, 4) is 0 Å². The molecule has 0 saturated heterocycles. The van der Waals surface area contributed by atoms with Crippen LogP contribution in [-0.2, 0) is 9.47 Å². The minimum absolute atomic E-state index is 0.463. The predicted octanol–water partition coefficient (Wildman–Crippen LogP) is 0.973. The molecule has 0 fully saturated rings. The summed E-state index contributed by atoms with van der Waals surface area (Å²) in [5.41, 5.74) is 0.931. The Morgan fingerprint density at radius 3 is 2.65 bits per heavy atom. The second kappa shape index (κ2) is 9.13. The fourth-order valence-corrected chi connectivity index (χ4v) is 1.42. The third-order valence-corrected chi connectivity index (χ3v) is 2.38. The van der Waals surface area contributed by atoms with Gasteiger partial charge in [0.2, 0.25) is 0 Å². The molecular weight excluding hydrogens is 218 g/mol. The summed E-state index contributed by atoms with van der Waals surface area (Å²) in [7, 11) is 1.65. The molecule has 1 aromatic rings. The van der Waals surface area contributed by atoms with Gasteiger partial charge in [0.05, 0.1) is 25.9 Å². The number of aliphatic hydroxyl groups is 1. The number of methoxy groups -OCH3 is 1. The van der Waals surface area contributed by atoms with Gasteiger partial charge < -0.3 is 19.9 Å². The highest BCUT2D eigenvalue weighted by Crippen LogP contribution is 2.09. The summed E-state index contributed by atoms with van der Waals surface area (Å²) in [6.45, 7) is 3.13. The van der Waals surface area contributed by atoms with Crippen molar-refractivity contribution >= 4 is 0 Å². The highest BCUT2D eigenvalue weighted by molar-refractivity contribution is 5.17. The topological polar surface area (TPSA) is 50.7 Å². The van der Waals surface area contributed by atoms with Crippen LogP contribution in [0.2, 0.25) is 0 Å². The summed E-state index contributed by atoms with van der Waals surface area (Å²) in [5.74, 6) is 0. The zero-order chi connectivity index (χ0) is 12.3. The van der Waals surface area contributed by atoms with E-state index in [9.17, 15) is 5.11 Å². The van der Waals surface area contributed by atoms with Crippen LogP contribution in [0, 0.1) is 0 Å². The van der Waals surface area contributed by atoms with Crippen LogP contribution in [0.3, 0.4) is 0 Å². The molecule has 2 N–H and O–H groups in total. The van der Waals surface area contributed by atoms with Crippen molar-refractivity contribution in [3.05, 3.63) is 35.9 Å². The molecule has 4 heteroatoms. The molecule has 0 aromatic heterocycles. The molecule has 1 aromatic carbocycles. The molecule has 0 bridgehead atoms. The van der Waals surface area contributed by atoms with Gasteiger partial charge >= 0.3 is 0 Å². The predicted molar refractivity (Wildman–Crippen MR) is 67.0 cm³/mol. The van der Waals surface area contributed by atoms with Gasteiger partial charge in [0.15, 0.2) is 0 Å². The van der Waals surface area contributed by atoms with Crippen molar-refractivity contribution in [3.63, 3.8) is 0 Å². The van der Waals surface area contributed by atoms with E-state index >= 15 is 0 Å². The first-order valence-electron chi connectivity index (χ1n) is 5.85. The van der Waals surface area contributed by atoms with Gasteiger partial charge in [0, 0.05) is 20.2 Å². The van der Waals surface area contributed by atoms with Crippen molar-refractivity contribution < 1.29 is 14.6 Å². The number of aliphatic hydroxyl groups excluding tert-OH is 1. The number of nitrogens with one attached hydrogen (secondary N) is 1. The van der Waals surface area contributed by atoms with Gasteiger partial charge in [-0.05, 0) is 5.56 Å². The molecule has 0 radical (unpaired) electrons. The van der Waals surface area contributed by atoms with Gasteiger partial charge in [-0.1, -0.05) is 30.3 Å². The Labute approximate surface area is 103 Å². The van der Waals surface area contributed by atoms with Gasteiger partial charge in [0.25, 0.3) is 0 Å². The van der Waals surface area contributed by atoms with E-state index in [1.807, 2.05) is 30.3 Å². The SMILES string of the molecule is COCCOCCNCC(O)c1ccccc1. The summed E-state index contributed by atoms with van der Waals surface area (Å²) >= 11 is 0. The van der Waals surface area contributed by atoms with E-state index in [1.165, 1.54) is 0 Å². The summed E-state index contributed by atoms with van der Waals surface area (Å²) in [6.07, 6.45) is -0.463. The molecule has 17 heavy (non-hydrogen) atoms. The molecule has 1 atom stereocenters. The van der Waals surface area contributed by atoms with Crippen molar-refractivity contribution in [2.75, 3.05) is 40.0 Å². The standard InChI is InChI=1S/C13H21NO3/c1-16-9-10-17-8-7-14-11-13(15)12-5-3-2-4-6-12/h2-6,13-15H,7-11H2,1H3. The third-order valence-electron chi connectivity index (χ3n) is 2.38. The molecule has 96 valence electrons. The van der Waals surface area contributed by atoms with Crippen LogP contribution < -0.4 is 5.32 Å². The van der Waals surface area contributed by atoms with E-state index in [1.54, 1.807) is 7.11 Å². The van der Waals surface area contributed by atoms with E-state index in [0.717, 1.165) is 12.1 Å². The van der Waals surface area contributed by atoms with E-state index in [4.69, 9.17) is 9.47 Å². The van der Waals surface area contributed by atoms with Crippen LogP contribution in [0.5, 0.6) is 0 Å². The Bertz CT molecular complexity index is 279. The molecule has 4 nitrogen and oxygen atoms in total. The van der Waals surface area contributed by atoms with E-state index in [-0.39, 0.29) is 0 Å². The minimum Gasteiger partial charge on any atom is -0.387 e. The normalized spacial score (nSPS) is 12.6. The molecule has 1 rings (SSSR count). The highest BCUT2D eigenvalue weighted by Gasteiger charge is 2.04. The number of benzene rings is 1. The van der Waals surface area contributed by atoms with Crippen LogP contribution in [0.4, 0.5) is 0 Å². The Morgan fingerprint density at radius 2 is 1.94 bits per heavy atom. The van der Waals surface area contributed by atoms with Crippen molar-refractivity contribution in [1.82, 2.24) is 5.32 Å². The van der Waals surface area contributed by atoms with E-state index < -0.39 is 6.10 Å². The maximum Gasteiger partial charge on any atom is 0.0914 e. The largest absolute Gasteiger partial charge is 0.387 e. The van der Waals surface area contributed by atoms with E-state index in [2.05, 4.69) is 5.32 Å². The summed E-state index contributed by atoms with van der Waals surface area (Å²) < 4.78 is 10.2. The first-order valence-corrected chi connectivity index (χ1v) is 5.85. The van der Waals surface area contributed by atoms with Gasteiger partial charge in [-0.25, -0.2) is 0 Å². The Hall–Kier alpha value is -0.940. The van der Waals surface area contributed by atoms with Gasteiger partial charge in [0.1, 0.15) is 0 Å². The second-order valence-corrected chi connectivity index (χ2v) is 3.74. The van der Waals surface area contributed by atoms with Gasteiger partial charge in [-0.3, -0.25) is 0 Å². The zero-order valence-corrected chi connectivity index (χ0v) is 10.3. The Morgan fingerprint density at radius 1 is 1.18 bits per heavy atom. The van der Waals surface area contributed by atoms with Gasteiger partial charge in [-0.2, -0.15) is 0 Å². The molecule has 1 unspecified atom stereocenters. The van der Waals surface area contributed by atoms with Crippen LogP contribution in [-0.4, -0.2) is 45.1 Å². The molecule has 0 spiro atoms. The first kappa shape index (κ1) is 14.1. The summed E-state index contributed by atoms with van der Waals surface area (Å²) in [5, 5.41) is 13.0. The first-order chi connectivity index (χ1) is 8.34. The zero-order valence-electron chi connectivity index (χ0n) is 10.3. The quantitative estimate of drug-likeness (QED) is 0.631. The van der Waals surface area contributed by atoms with E-state index in [0.29, 0.717) is 26.4 Å². The van der Waals surface area contributed by atoms with Crippen LogP contribution in [0.1, 0.15) is 11.7 Å². The van der Waals surface area contributed by atoms with Crippen molar-refractivity contribution in [1.29, 1.82) is 0 Å². The molecule has 0 heterocycles. The summed E-state index contributed by atoms with van der Waals surface area (Å²) in [6, 6.07) is 9.62.